The quantitative estimate of drug-likeness (QED) is 0.226. The van der Waals surface area contributed by atoms with E-state index in [0.717, 1.165) is 26.0 Å². The number of rotatable bonds is 10. The van der Waals surface area contributed by atoms with Crippen LogP contribution in [0.1, 0.15) is 16.7 Å². The topological polar surface area (TPSA) is 61.3 Å². The Hall–Kier alpha value is -2.94. The van der Waals surface area contributed by atoms with Gasteiger partial charge >= 0.3 is 0 Å². The van der Waals surface area contributed by atoms with Gasteiger partial charge in [0.2, 0.25) is 0 Å². The van der Waals surface area contributed by atoms with Gasteiger partial charge in [0.05, 0.1) is 37.7 Å². The molecule has 0 bridgehead atoms. The van der Waals surface area contributed by atoms with Gasteiger partial charge in [0.1, 0.15) is 6.61 Å². The smallest absolute Gasteiger partial charge is 0.174 e. The van der Waals surface area contributed by atoms with Gasteiger partial charge in [0, 0.05) is 0 Å². The first kappa shape index (κ1) is 22.7. The maximum Gasteiger partial charge on any atom is 0.174 e. The zero-order chi connectivity index (χ0) is 22.1. The number of ether oxygens (including phenoxy) is 4. The molecule has 0 radical (unpaired) electrons. The van der Waals surface area contributed by atoms with Crippen LogP contribution in [0.5, 0.6) is 23.0 Å². The second kappa shape index (κ2) is 11.5. The molecule has 7 heteroatoms. The summed E-state index contributed by atoms with van der Waals surface area (Å²) in [5.74, 6) is 2.79. The molecule has 6 nitrogen and oxygen atoms in total. The minimum atomic E-state index is 0.480. The van der Waals surface area contributed by atoms with Gasteiger partial charge < -0.3 is 24.4 Å². The van der Waals surface area contributed by atoms with Crippen LogP contribution < -0.4 is 24.4 Å². The Labute approximate surface area is 196 Å². The van der Waals surface area contributed by atoms with E-state index in [0.29, 0.717) is 30.4 Å². The highest BCUT2D eigenvalue weighted by Crippen LogP contribution is 2.34. The van der Waals surface area contributed by atoms with Crippen molar-refractivity contribution in [2.24, 2.45) is 5.10 Å². The van der Waals surface area contributed by atoms with Gasteiger partial charge in [-0.05, 0) is 63.5 Å². The summed E-state index contributed by atoms with van der Waals surface area (Å²) in [6.07, 6.45) is 1.76. The highest BCUT2D eigenvalue weighted by Gasteiger charge is 2.11. The van der Waals surface area contributed by atoms with Crippen LogP contribution in [0.15, 0.2) is 65.8 Å². The van der Waals surface area contributed by atoms with Crippen LogP contribution >= 0.6 is 22.6 Å². The van der Waals surface area contributed by atoms with Crippen LogP contribution in [0, 0.1) is 3.57 Å². The molecule has 0 aliphatic rings. The van der Waals surface area contributed by atoms with Gasteiger partial charge in [0.15, 0.2) is 23.0 Å². The van der Waals surface area contributed by atoms with Gasteiger partial charge in [-0.3, -0.25) is 0 Å². The van der Waals surface area contributed by atoms with E-state index in [4.69, 9.17) is 18.9 Å². The fourth-order valence-electron chi connectivity index (χ4n) is 2.93. The highest BCUT2D eigenvalue weighted by atomic mass is 127. The first-order valence-corrected chi connectivity index (χ1v) is 10.7. The van der Waals surface area contributed by atoms with Crippen molar-refractivity contribution in [2.75, 3.05) is 21.3 Å². The number of hydrogen-bond donors (Lipinski definition) is 1. The molecule has 0 unspecified atom stereocenters. The third kappa shape index (κ3) is 6.27. The molecule has 1 N–H and O–H groups in total. The molecule has 0 heterocycles. The van der Waals surface area contributed by atoms with E-state index in [1.807, 2.05) is 60.7 Å². The number of nitrogens with one attached hydrogen (secondary N) is 1. The fourth-order valence-corrected chi connectivity index (χ4v) is 3.71. The van der Waals surface area contributed by atoms with E-state index in [2.05, 4.69) is 33.1 Å². The Morgan fingerprint density at radius 1 is 0.839 bits per heavy atom. The fraction of sp³-hybridized carbons (Fsp3) is 0.208. The summed E-state index contributed by atoms with van der Waals surface area (Å²) in [4.78, 5) is 0. The van der Waals surface area contributed by atoms with Crippen molar-refractivity contribution < 1.29 is 18.9 Å². The number of benzene rings is 3. The molecule has 3 rings (SSSR count). The number of hydrazone groups is 1. The molecule has 31 heavy (non-hydrogen) atoms. The molecule has 0 saturated carbocycles. The minimum Gasteiger partial charge on any atom is -0.493 e. The number of hydrogen-bond acceptors (Lipinski definition) is 6. The lowest BCUT2D eigenvalue weighted by atomic mass is 10.2. The first-order valence-electron chi connectivity index (χ1n) is 9.65. The van der Waals surface area contributed by atoms with E-state index in [1.165, 1.54) is 0 Å². The average molecular weight is 532 g/mol. The molecule has 0 aliphatic carbocycles. The molecule has 0 atom stereocenters. The van der Waals surface area contributed by atoms with Crippen LogP contribution in [0.3, 0.4) is 0 Å². The largest absolute Gasteiger partial charge is 0.493 e. The summed E-state index contributed by atoms with van der Waals surface area (Å²) in [7, 11) is 4.88. The number of halogens is 1. The molecule has 3 aromatic rings. The SMILES string of the molecule is COc1ccc(CN/N=C/c2cc(I)c(OCc3ccccc3)c(OC)c2)cc1OC. The molecular weight excluding hydrogens is 507 g/mol. The van der Waals surface area contributed by atoms with Crippen LogP contribution in [-0.2, 0) is 13.2 Å². The van der Waals surface area contributed by atoms with Gasteiger partial charge in [-0.15, -0.1) is 0 Å². The summed E-state index contributed by atoms with van der Waals surface area (Å²) < 4.78 is 23.1. The molecule has 0 spiro atoms. The summed E-state index contributed by atoms with van der Waals surface area (Å²) in [5.41, 5.74) is 6.10. The van der Waals surface area contributed by atoms with Gasteiger partial charge in [-0.25, -0.2) is 0 Å². The van der Waals surface area contributed by atoms with Crippen molar-refractivity contribution in [3.05, 3.63) is 80.9 Å². The Morgan fingerprint density at radius 3 is 2.29 bits per heavy atom. The zero-order valence-corrected chi connectivity index (χ0v) is 19.9. The molecule has 0 saturated heterocycles. The molecule has 3 aromatic carbocycles. The lowest BCUT2D eigenvalue weighted by Crippen LogP contribution is -2.06. The van der Waals surface area contributed by atoms with E-state index in [1.54, 1.807) is 27.5 Å². The van der Waals surface area contributed by atoms with Gasteiger partial charge in [-0.1, -0.05) is 36.4 Å². The van der Waals surface area contributed by atoms with Crippen LogP contribution in [0.25, 0.3) is 0 Å². The first-order chi connectivity index (χ1) is 15.1. The molecule has 0 fully saturated rings. The van der Waals surface area contributed by atoms with Gasteiger partial charge in [0.25, 0.3) is 0 Å². The van der Waals surface area contributed by atoms with E-state index in [-0.39, 0.29) is 0 Å². The van der Waals surface area contributed by atoms with E-state index >= 15 is 0 Å². The lowest BCUT2D eigenvalue weighted by Gasteiger charge is -2.13. The van der Waals surface area contributed by atoms with Crippen molar-refractivity contribution in [3.8, 4) is 23.0 Å². The summed E-state index contributed by atoms with van der Waals surface area (Å²) in [6, 6.07) is 19.7. The van der Waals surface area contributed by atoms with Crippen LogP contribution in [0.2, 0.25) is 0 Å². The van der Waals surface area contributed by atoms with E-state index in [9.17, 15) is 0 Å². The minimum absolute atomic E-state index is 0.480. The average Bonchev–Trinajstić information content (AvgIpc) is 2.81. The summed E-state index contributed by atoms with van der Waals surface area (Å²) in [5, 5.41) is 4.33. The molecule has 0 aliphatic heterocycles. The second-order valence-electron chi connectivity index (χ2n) is 6.59. The Balaban J connectivity index is 1.63. The Morgan fingerprint density at radius 2 is 1.58 bits per heavy atom. The third-order valence-corrected chi connectivity index (χ3v) is 5.32. The maximum atomic E-state index is 6.01. The highest BCUT2D eigenvalue weighted by molar-refractivity contribution is 14.1. The van der Waals surface area contributed by atoms with Crippen molar-refractivity contribution in [2.45, 2.75) is 13.2 Å². The van der Waals surface area contributed by atoms with Crippen molar-refractivity contribution in [1.82, 2.24) is 5.43 Å². The normalized spacial score (nSPS) is 10.7. The standard InChI is InChI=1S/C24H25IN2O4/c1-28-21-10-9-18(12-22(21)29-2)14-26-27-15-19-11-20(25)24(23(13-19)30-3)31-16-17-7-5-4-6-8-17/h4-13,15,26H,14,16H2,1-3H3/b27-15+. The van der Waals surface area contributed by atoms with Crippen molar-refractivity contribution in [1.29, 1.82) is 0 Å². The second-order valence-corrected chi connectivity index (χ2v) is 7.75. The van der Waals surface area contributed by atoms with Crippen molar-refractivity contribution >= 4 is 28.8 Å². The van der Waals surface area contributed by atoms with E-state index < -0.39 is 0 Å². The van der Waals surface area contributed by atoms with Crippen LogP contribution in [-0.4, -0.2) is 27.5 Å². The summed E-state index contributed by atoms with van der Waals surface area (Å²) >= 11 is 2.25. The summed E-state index contributed by atoms with van der Waals surface area (Å²) in [6.45, 7) is 1.04. The molecule has 0 aromatic heterocycles. The predicted octanol–water partition coefficient (Wildman–Crippen LogP) is 5.02. The predicted molar refractivity (Wildman–Crippen MR) is 130 cm³/mol. The Kier molecular flexibility index (Phi) is 8.40. The zero-order valence-electron chi connectivity index (χ0n) is 17.7. The number of methoxy groups -OCH3 is 3. The van der Waals surface area contributed by atoms with Crippen molar-refractivity contribution in [3.63, 3.8) is 0 Å². The molecule has 0 amide bonds. The maximum absolute atomic E-state index is 6.01. The third-order valence-electron chi connectivity index (χ3n) is 4.51. The molecule has 162 valence electrons. The van der Waals surface area contributed by atoms with Gasteiger partial charge in [-0.2, -0.15) is 5.10 Å². The molecular formula is C24H25IN2O4. The lowest BCUT2D eigenvalue weighted by molar-refractivity contribution is 0.282. The monoisotopic (exact) mass is 532 g/mol. The Bertz CT molecular complexity index is 1030. The number of nitrogens with zero attached hydrogens (tertiary/aromatic N) is 1. The van der Waals surface area contributed by atoms with Crippen LogP contribution in [0.4, 0.5) is 0 Å².